The Morgan fingerprint density at radius 1 is 1.23 bits per heavy atom. The second-order valence-corrected chi connectivity index (χ2v) is 7.79. The van der Waals surface area contributed by atoms with Crippen LogP contribution < -0.4 is 0 Å². The van der Waals surface area contributed by atoms with Crippen molar-refractivity contribution in [2.24, 2.45) is 0 Å². The van der Waals surface area contributed by atoms with Crippen molar-refractivity contribution in [1.29, 1.82) is 0 Å². The molecular weight excluding hydrogens is 330 g/mol. The van der Waals surface area contributed by atoms with E-state index in [1.54, 1.807) is 6.20 Å². The number of carbonyl (C=O) groups is 1. The summed E-state index contributed by atoms with van der Waals surface area (Å²) < 4.78 is 2.16. The Labute approximate surface area is 153 Å². The predicted octanol–water partition coefficient (Wildman–Crippen LogP) is 1.68. The highest BCUT2D eigenvalue weighted by atomic mass is 16.3. The van der Waals surface area contributed by atoms with E-state index in [9.17, 15) is 9.90 Å². The Morgan fingerprint density at radius 3 is 2.73 bits per heavy atom. The lowest BCUT2D eigenvalue weighted by atomic mass is 10.0. The van der Waals surface area contributed by atoms with Gasteiger partial charge in [-0.2, -0.15) is 0 Å². The minimum absolute atomic E-state index is 0.0337. The van der Waals surface area contributed by atoms with E-state index < -0.39 is 6.10 Å². The monoisotopic (exact) mass is 357 g/mol. The maximum atomic E-state index is 12.9. The van der Waals surface area contributed by atoms with Gasteiger partial charge in [-0.25, -0.2) is 9.97 Å². The van der Waals surface area contributed by atoms with Crippen LogP contribution in [0.1, 0.15) is 48.5 Å². The van der Waals surface area contributed by atoms with Gasteiger partial charge in [0.15, 0.2) is 5.65 Å². The van der Waals surface area contributed by atoms with Gasteiger partial charge >= 0.3 is 0 Å². The normalized spacial score (nSPS) is 24.7. The molecule has 0 aromatic carbocycles. The zero-order chi connectivity index (χ0) is 18.3. The van der Waals surface area contributed by atoms with E-state index >= 15 is 0 Å². The first-order valence-corrected chi connectivity index (χ1v) is 9.51. The largest absolute Gasteiger partial charge is 0.391 e. The van der Waals surface area contributed by atoms with Crippen LogP contribution in [0.25, 0.3) is 11.2 Å². The van der Waals surface area contributed by atoms with Gasteiger partial charge in [0.25, 0.3) is 5.91 Å². The molecule has 1 saturated heterocycles. The molecule has 0 spiro atoms. The minimum atomic E-state index is -0.392. The molecule has 1 aliphatic heterocycles. The number of hydrogen-bond donors (Lipinski definition) is 1. The number of rotatable bonds is 3. The Bertz CT molecular complexity index is 796. The number of pyridine rings is 1. The quantitative estimate of drug-likeness (QED) is 0.905. The second-order valence-electron chi connectivity index (χ2n) is 7.79. The number of likely N-dealkylation sites (N-methyl/N-ethyl adjacent to an activating group) is 1. The Balaban J connectivity index is 1.55. The average Bonchev–Trinajstić information content (AvgIpc) is 3.30. The number of hydrogen-bond acceptors (Lipinski definition) is 5. The summed E-state index contributed by atoms with van der Waals surface area (Å²) >= 11 is 0. The van der Waals surface area contributed by atoms with Crippen LogP contribution in [-0.4, -0.2) is 74.7 Å². The van der Waals surface area contributed by atoms with E-state index in [1.807, 2.05) is 36.3 Å². The van der Waals surface area contributed by atoms with Crippen molar-refractivity contribution in [3.8, 4) is 0 Å². The van der Waals surface area contributed by atoms with Gasteiger partial charge in [0.05, 0.1) is 24.0 Å². The first kappa shape index (κ1) is 17.4. The third-order valence-corrected chi connectivity index (χ3v) is 5.87. The maximum absolute atomic E-state index is 12.9. The molecule has 0 unspecified atom stereocenters. The van der Waals surface area contributed by atoms with Crippen molar-refractivity contribution < 1.29 is 9.90 Å². The van der Waals surface area contributed by atoms with Gasteiger partial charge in [-0.15, -0.1) is 0 Å². The van der Waals surface area contributed by atoms with Gasteiger partial charge in [0.1, 0.15) is 5.52 Å². The van der Waals surface area contributed by atoms with Crippen LogP contribution in [0.4, 0.5) is 0 Å². The first-order valence-electron chi connectivity index (χ1n) is 9.51. The molecule has 1 N–H and O–H groups in total. The van der Waals surface area contributed by atoms with Gasteiger partial charge in [-0.05, 0) is 39.4 Å². The SMILES string of the molecule is CN(C)[C@@H]1CN(C(=O)c2cnc3c(c2)ncn3C2CCCC2)CC[C@@H]1O. The third-order valence-electron chi connectivity index (χ3n) is 5.87. The number of aromatic nitrogens is 3. The van der Waals surface area contributed by atoms with Crippen molar-refractivity contribution in [2.45, 2.75) is 50.3 Å². The Kier molecular flexibility index (Phi) is 4.67. The van der Waals surface area contributed by atoms with E-state index in [2.05, 4.69) is 14.5 Å². The second kappa shape index (κ2) is 6.96. The minimum Gasteiger partial charge on any atom is -0.391 e. The fourth-order valence-corrected chi connectivity index (χ4v) is 4.28. The lowest BCUT2D eigenvalue weighted by molar-refractivity contribution is 0.00885. The van der Waals surface area contributed by atoms with Gasteiger partial charge in [-0.3, -0.25) is 4.79 Å². The molecule has 1 aliphatic carbocycles. The van der Waals surface area contributed by atoms with Gasteiger partial charge in [-0.1, -0.05) is 12.8 Å². The average molecular weight is 357 g/mol. The Hall–Kier alpha value is -1.99. The molecule has 2 aliphatic rings. The molecule has 7 heteroatoms. The smallest absolute Gasteiger partial charge is 0.255 e. The van der Waals surface area contributed by atoms with Crippen LogP contribution in [0.5, 0.6) is 0 Å². The molecule has 7 nitrogen and oxygen atoms in total. The lowest BCUT2D eigenvalue weighted by Gasteiger charge is -2.39. The summed E-state index contributed by atoms with van der Waals surface area (Å²) in [6.45, 7) is 1.10. The van der Waals surface area contributed by atoms with Crippen molar-refractivity contribution in [1.82, 2.24) is 24.3 Å². The number of piperidine rings is 1. The first-order chi connectivity index (χ1) is 12.5. The number of likely N-dealkylation sites (tertiary alicyclic amines) is 1. The molecule has 2 aromatic rings. The summed E-state index contributed by atoms with van der Waals surface area (Å²) in [4.78, 5) is 25.8. The Morgan fingerprint density at radius 2 is 2.00 bits per heavy atom. The number of aliphatic hydroxyl groups is 1. The third kappa shape index (κ3) is 3.10. The zero-order valence-electron chi connectivity index (χ0n) is 15.5. The van der Waals surface area contributed by atoms with Crippen LogP contribution in [0.3, 0.4) is 0 Å². The van der Waals surface area contributed by atoms with Gasteiger partial charge in [0.2, 0.25) is 0 Å². The number of fused-ring (bicyclic) bond motifs is 1. The van der Waals surface area contributed by atoms with Gasteiger partial charge in [0, 0.05) is 25.3 Å². The standard InChI is InChI=1S/C19H27N5O2/c1-22(2)16-11-23(8-7-17(16)25)19(26)13-9-15-18(20-10-13)24(12-21-15)14-5-3-4-6-14/h9-10,12,14,16-17,25H,3-8,11H2,1-2H3/t16-,17+/m1/s1. The van der Waals surface area contributed by atoms with Crippen LogP contribution in [-0.2, 0) is 0 Å². The fourth-order valence-electron chi connectivity index (χ4n) is 4.28. The molecule has 140 valence electrons. The summed E-state index contributed by atoms with van der Waals surface area (Å²) in [6.07, 6.45) is 8.61. The van der Waals surface area contributed by atoms with Crippen LogP contribution in [0.15, 0.2) is 18.6 Å². The summed E-state index contributed by atoms with van der Waals surface area (Å²) in [6, 6.07) is 2.30. The molecule has 4 rings (SSSR count). The molecule has 1 saturated carbocycles. The molecule has 1 amide bonds. The lowest BCUT2D eigenvalue weighted by Crippen LogP contribution is -2.54. The number of nitrogens with zero attached hydrogens (tertiary/aromatic N) is 5. The van der Waals surface area contributed by atoms with E-state index in [0.29, 0.717) is 31.1 Å². The van der Waals surface area contributed by atoms with Crippen molar-refractivity contribution in [2.75, 3.05) is 27.2 Å². The van der Waals surface area contributed by atoms with Crippen molar-refractivity contribution in [3.63, 3.8) is 0 Å². The molecule has 2 atom stereocenters. The van der Waals surface area contributed by atoms with Crippen molar-refractivity contribution in [3.05, 3.63) is 24.2 Å². The van der Waals surface area contributed by atoms with E-state index in [0.717, 1.165) is 11.2 Å². The molecular formula is C19H27N5O2. The summed E-state index contributed by atoms with van der Waals surface area (Å²) in [5, 5.41) is 10.2. The molecule has 0 radical (unpaired) electrons. The fraction of sp³-hybridized carbons (Fsp3) is 0.632. The molecule has 0 bridgehead atoms. The summed E-state index contributed by atoms with van der Waals surface area (Å²) in [5.41, 5.74) is 2.22. The zero-order valence-corrected chi connectivity index (χ0v) is 15.5. The van der Waals surface area contributed by atoms with Crippen LogP contribution in [0, 0.1) is 0 Å². The topological polar surface area (TPSA) is 74.5 Å². The van der Waals surface area contributed by atoms with E-state index in [4.69, 9.17) is 0 Å². The number of aliphatic hydroxyl groups excluding tert-OH is 1. The highest BCUT2D eigenvalue weighted by Crippen LogP contribution is 2.31. The number of imidazole rings is 1. The highest BCUT2D eigenvalue weighted by molar-refractivity contribution is 5.96. The number of amides is 1. The van der Waals surface area contributed by atoms with E-state index in [1.165, 1.54) is 25.7 Å². The van der Waals surface area contributed by atoms with Crippen molar-refractivity contribution >= 4 is 17.1 Å². The maximum Gasteiger partial charge on any atom is 0.255 e. The highest BCUT2D eigenvalue weighted by Gasteiger charge is 2.32. The van der Waals surface area contributed by atoms with Crippen LogP contribution >= 0.6 is 0 Å². The molecule has 2 fully saturated rings. The van der Waals surface area contributed by atoms with Gasteiger partial charge < -0.3 is 19.5 Å². The van der Waals surface area contributed by atoms with E-state index in [-0.39, 0.29) is 11.9 Å². The molecule has 26 heavy (non-hydrogen) atoms. The molecule has 3 heterocycles. The number of carbonyl (C=O) groups excluding carboxylic acids is 1. The predicted molar refractivity (Wildman–Crippen MR) is 99.0 cm³/mol. The summed E-state index contributed by atoms with van der Waals surface area (Å²) in [5.74, 6) is -0.0337. The summed E-state index contributed by atoms with van der Waals surface area (Å²) in [7, 11) is 3.87. The van der Waals surface area contributed by atoms with Crippen LogP contribution in [0.2, 0.25) is 0 Å². The molecule has 2 aromatic heterocycles.